The average Bonchev–Trinajstić information content (AvgIpc) is 3.49. The Balaban J connectivity index is 1.39. The Labute approximate surface area is 189 Å². The molecule has 1 atom stereocenters. The van der Waals surface area contributed by atoms with E-state index in [2.05, 4.69) is 45.6 Å². The standard InChI is InChI=1S/C24H21N5O2S/c1-15(17-4-3-5-20(10-17)30-13-19-8-9-31-29-19)27-24-21(12-25-16(2)28-24)18-6-7-22-23(11-18)32-14-26-22/h3-12,14-15H,13H2,1-2H3,(H,25,27,28). The summed E-state index contributed by atoms with van der Waals surface area (Å²) < 4.78 is 11.8. The van der Waals surface area contributed by atoms with E-state index in [1.165, 1.54) is 6.26 Å². The molecule has 0 spiro atoms. The van der Waals surface area contributed by atoms with Crippen molar-refractivity contribution in [2.45, 2.75) is 26.5 Å². The van der Waals surface area contributed by atoms with Gasteiger partial charge in [-0.3, -0.25) is 0 Å². The van der Waals surface area contributed by atoms with Gasteiger partial charge in [-0.15, -0.1) is 11.3 Å². The number of aryl methyl sites for hydroxylation is 1. The minimum Gasteiger partial charge on any atom is -0.487 e. The van der Waals surface area contributed by atoms with Gasteiger partial charge in [0.25, 0.3) is 0 Å². The summed E-state index contributed by atoms with van der Waals surface area (Å²) in [6, 6.07) is 16.0. The van der Waals surface area contributed by atoms with Crippen molar-refractivity contribution in [3.63, 3.8) is 0 Å². The second-order valence-electron chi connectivity index (χ2n) is 7.43. The van der Waals surface area contributed by atoms with Crippen LogP contribution in [0.3, 0.4) is 0 Å². The van der Waals surface area contributed by atoms with E-state index < -0.39 is 0 Å². The first-order valence-electron chi connectivity index (χ1n) is 10.2. The summed E-state index contributed by atoms with van der Waals surface area (Å²) in [5.74, 6) is 2.28. The van der Waals surface area contributed by atoms with Crippen LogP contribution in [-0.2, 0) is 6.61 Å². The van der Waals surface area contributed by atoms with Crippen molar-refractivity contribution in [3.8, 4) is 16.9 Å². The van der Waals surface area contributed by atoms with Crippen LogP contribution in [0.15, 0.2) is 71.0 Å². The lowest BCUT2D eigenvalue weighted by Crippen LogP contribution is -2.10. The van der Waals surface area contributed by atoms with Gasteiger partial charge in [0.15, 0.2) is 0 Å². The normalized spacial score (nSPS) is 12.1. The van der Waals surface area contributed by atoms with Crippen molar-refractivity contribution in [2.75, 3.05) is 5.32 Å². The van der Waals surface area contributed by atoms with Crippen LogP contribution in [0.1, 0.15) is 30.0 Å². The summed E-state index contributed by atoms with van der Waals surface area (Å²) in [5.41, 5.74) is 6.71. The van der Waals surface area contributed by atoms with Crippen LogP contribution < -0.4 is 10.1 Å². The summed E-state index contributed by atoms with van der Waals surface area (Å²) >= 11 is 1.62. The van der Waals surface area contributed by atoms with Gasteiger partial charge in [-0.05, 0) is 49.2 Å². The van der Waals surface area contributed by atoms with Crippen molar-refractivity contribution in [3.05, 3.63) is 83.6 Å². The van der Waals surface area contributed by atoms with Crippen LogP contribution in [0, 0.1) is 6.92 Å². The Morgan fingerprint density at radius 3 is 2.94 bits per heavy atom. The van der Waals surface area contributed by atoms with Gasteiger partial charge in [-0.2, -0.15) is 0 Å². The highest BCUT2D eigenvalue weighted by molar-refractivity contribution is 7.16. The van der Waals surface area contributed by atoms with Gasteiger partial charge >= 0.3 is 0 Å². The number of nitrogens with one attached hydrogen (secondary N) is 1. The van der Waals surface area contributed by atoms with Crippen molar-refractivity contribution in [2.24, 2.45) is 0 Å². The first-order valence-corrected chi connectivity index (χ1v) is 11.1. The van der Waals surface area contributed by atoms with E-state index in [0.29, 0.717) is 12.4 Å². The van der Waals surface area contributed by atoms with Gasteiger partial charge in [0.2, 0.25) is 0 Å². The molecule has 0 amide bonds. The zero-order valence-corrected chi connectivity index (χ0v) is 18.5. The number of hydrogen-bond acceptors (Lipinski definition) is 8. The molecule has 0 saturated carbocycles. The lowest BCUT2D eigenvalue weighted by atomic mass is 10.1. The van der Waals surface area contributed by atoms with Crippen LogP contribution in [0.25, 0.3) is 21.3 Å². The smallest absolute Gasteiger partial charge is 0.138 e. The summed E-state index contributed by atoms with van der Waals surface area (Å²) in [5, 5.41) is 7.44. The van der Waals surface area contributed by atoms with Crippen molar-refractivity contribution >= 4 is 27.4 Å². The van der Waals surface area contributed by atoms with Crippen molar-refractivity contribution in [1.29, 1.82) is 0 Å². The third-order valence-electron chi connectivity index (χ3n) is 5.14. The second kappa shape index (κ2) is 8.76. The molecule has 5 aromatic rings. The Bertz CT molecular complexity index is 1350. The van der Waals surface area contributed by atoms with E-state index >= 15 is 0 Å². The molecule has 0 fully saturated rings. The number of anilines is 1. The van der Waals surface area contributed by atoms with Crippen LogP contribution in [0.2, 0.25) is 0 Å². The van der Waals surface area contributed by atoms with Crippen LogP contribution in [0.5, 0.6) is 5.75 Å². The Kier molecular flexibility index (Phi) is 5.51. The highest BCUT2D eigenvalue weighted by Gasteiger charge is 2.14. The minimum absolute atomic E-state index is 0.00536. The number of hydrogen-bond donors (Lipinski definition) is 1. The monoisotopic (exact) mass is 443 g/mol. The molecule has 0 saturated heterocycles. The lowest BCUT2D eigenvalue weighted by molar-refractivity contribution is 0.289. The van der Waals surface area contributed by atoms with Gasteiger partial charge in [0.1, 0.15) is 36.0 Å². The molecule has 0 aliphatic carbocycles. The van der Waals surface area contributed by atoms with Crippen molar-refractivity contribution < 1.29 is 9.26 Å². The fraction of sp³-hybridized carbons (Fsp3) is 0.167. The molecule has 0 bridgehead atoms. The highest BCUT2D eigenvalue weighted by Crippen LogP contribution is 2.32. The number of ether oxygens (including phenoxy) is 1. The Hall–Kier alpha value is -3.78. The topological polar surface area (TPSA) is 86.0 Å². The predicted molar refractivity (Wildman–Crippen MR) is 125 cm³/mol. The molecule has 5 rings (SSSR count). The van der Waals surface area contributed by atoms with Crippen LogP contribution in [0.4, 0.5) is 5.82 Å². The summed E-state index contributed by atoms with van der Waals surface area (Å²) in [7, 11) is 0. The van der Waals surface area contributed by atoms with E-state index in [4.69, 9.17) is 14.2 Å². The molecular formula is C24H21N5O2S. The average molecular weight is 444 g/mol. The zero-order valence-electron chi connectivity index (χ0n) is 17.6. The minimum atomic E-state index is 0.00536. The molecule has 32 heavy (non-hydrogen) atoms. The van der Waals surface area contributed by atoms with E-state index in [1.807, 2.05) is 42.9 Å². The molecule has 0 aliphatic rings. The third-order valence-corrected chi connectivity index (χ3v) is 5.93. The zero-order chi connectivity index (χ0) is 21.9. The second-order valence-corrected chi connectivity index (χ2v) is 8.32. The fourth-order valence-electron chi connectivity index (χ4n) is 3.45. The first-order chi connectivity index (χ1) is 15.7. The number of rotatable bonds is 7. The van der Waals surface area contributed by atoms with Gasteiger partial charge in [0.05, 0.1) is 21.8 Å². The van der Waals surface area contributed by atoms with Crippen LogP contribution >= 0.6 is 11.3 Å². The fourth-order valence-corrected chi connectivity index (χ4v) is 4.16. The molecule has 2 aromatic carbocycles. The molecule has 7 nitrogen and oxygen atoms in total. The highest BCUT2D eigenvalue weighted by atomic mass is 32.1. The SMILES string of the molecule is Cc1ncc(-c2ccc3ncsc3c2)c(NC(C)c2cccc(OCc3ccon3)c2)n1. The molecule has 8 heteroatoms. The maximum atomic E-state index is 5.86. The number of nitrogens with zero attached hydrogens (tertiary/aromatic N) is 4. The molecule has 0 aliphatic heterocycles. The summed E-state index contributed by atoms with van der Waals surface area (Å²) in [4.78, 5) is 13.5. The molecule has 3 heterocycles. The first kappa shape index (κ1) is 20.1. The van der Waals surface area contributed by atoms with E-state index in [-0.39, 0.29) is 6.04 Å². The molecule has 3 aromatic heterocycles. The van der Waals surface area contributed by atoms with Crippen molar-refractivity contribution in [1.82, 2.24) is 20.1 Å². The number of fused-ring (bicyclic) bond motifs is 1. The maximum Gasteiger partial charge on any atom is 0.138 e. The largest absolute Gasteiger partial charge is 0.487 e. The molecule has 1 unspecified atom stereocenters. The van der Waals surface area contributed by atoms with Gasteiger partial charge < -0.3 is 14.6 Å². The van der Waals surface area contributed by atoms with Crippen LogP contribution in [-0.4, -0.2) is 20.1 Å². The van der Waals surface area contributed by atoms with Gasteiger partial charge in [-0.1, -0.05) is 23.4 Å². The summed E-state index contributed by atoms with van der Waals surface area (Å²) in [6.07, 6.45) is 3.41. The van der Waals surface area contributed by atoms with Gasteiger partial charge in [-0.25, -0.2) is 15.0 Å². The van der Waals surface area contributed by atoms with E-state index in [0.717, 1.165) is 44.2 Å². The van der Waals surface area contributed by atoms with E-state index in [9.17, 15) is 0 Å². The molecule has 1 N–H and O–H groups in total. The third kappa shape index (κ3) is 4.31. The number of benzene rings is 2. The Morgan fingerprint density at radius 2 is 2.06 bits per heavy atom. The van der Waals surface area contributed by atoms with E-state index in [1.54, 1.807) is 17.4 Å². The lowest BCUT2D eigenvalue weighted by Gasteiger charge is -2.19. The summed E-state index contributed by atoms with van der Waals surface area (Å²) in [6.45, 7) is 4.35. The quantitative estimate of drug-likeness (QED) is 0.340. The molecule has 160 valence electrons. The number of thiazole rings is 1. The van der Waals surface area contributed by atoms with Gasteiger partial charge in [0, 0.05) is 17.8 Å². The number of aromatic nitrogens is 4. The molecule has 0 radical (unpaired) electrons. The Morgan fingerprint density at radius 1 is 1.12 bits per heavy atom. The maximum absolute atomic E-state index is 5.86. The molecular weight excluding hydrogens is 422 g/mol. The predicted octanol–water partition coefficient (Wildman–Crippen LogP) is 5.80.